The van der Waals surface area contributed by atoms with Crippen LogP contribution in [0.5, 0.6) is 0 Å². The first-order chi connectivity index (χ1) is 21.3. The maximum atomic E-state index is 13.1. The number of hydrogen-bond acceptors (Lipinski definition) is 8. The summed E-state index contributed by atoms with van der Waals surface area (Å²) in [7, 11) is 2.00. The van der Waals surface area contributed by atoms with Crippen LogP contribution in [0.2, 0.25) is 0 Å². The molecule has 2 heterocycles. The molecule has 2 aliphatic heterocycles. The normalized spacial score (nSPS) is 21.8. The maximum Gasteiger partial charge on any atom is 0.408 e. The van der Waals surface area contributed by atoms with Crippen LogP contribution in [0.1, 0.15) is 47.5 Å². The molecule has 44 heavy (non-hydrogen) atoms. The van der Waals surface area contributed by atoms with E-state index in [-0.39, 0.29) is 31.8 Å². The first-order valence-corrected chi connectivity index (χ1v) is 14.6. The highest BCUT2D eigenvalue weighted by atomic mass is 16.7. The number of hydrogen-bond donors (Lipinski definition) is 2. The molecule has 0 saturated carbocycles. The molecular weight excluding hydrogens is 562 g/mol. The average Bonchev–Trinajstić information content (AvgIpc) is 3.32. The number of ether oxygens (including phenoxy) is 3. The van der Waals surface area contributed by atoms with E-state index in [1.807, 2.05) is 67.7 Å². The van der Waals surface area contributed by atoms with Gasteiger partial charge in [0, 0.05) is 25.1 Å². The van der Waals surface area contributed by atoms with Crippen molar-refractivity contribution in [2.24, 2.45) is 0 Å². The van der Waals surface area contributed by atoms with Crippen LogP contribution in [-0.4, -0.2) is 60.2 Å². The molecule has 2 saturated heterocycles. The molecule has 3 aromatic rings. The second-order valence-electron chi connectivity index (χ2n) is 11.0. The van der Waals surface area contributed by atoms with E-state index in [9.17, 15) is 19.5 Å². The second kappa shape index (κ2) is 14.4. The molecule has 0 radical (unpaired) electrons. The van der Waals surface area contributed by atoms with Gasteiger partial charge >= 0.3 is 6.09 Å². The molecule has 0 aliphatic carbocycles. The van der Waals surface area contributed by atoms with Crippen molar-refractivity contribution in [3.63, 3.8) is 0 Å². The van der Waals surface area contributed by atoms with Gasteiger partial charge in [-0.05, 0) is 35.9 Å². The van der Waals surface area contributed by atoms with Crippen molar-refractivity contribution in [2.75, 3.05) is 25.0 Å². The third kappa shape index (κ3) is 7.59. The van der Waals surface area contributed by atoms with Crippen molar-refractivity contribution >= 4 is 23.6 Å². The van der Waals surface area contributed by atoms with E-state index in [2.05, 4.69) is 16.8 Å². The van der Waals surface area contributed by atoms with Crippen molar-refractivity contribution in [2.45, 2.75) is 50.6 Å². The Morgan fingerprint density at radius 1 is 1.02 bits per heavy atom. The zero-order chi connectivity index (χ0) is 31.1. The molecular formula is C34H37N3O7. The van der Waals surface area contributed by atoms with Crippen LogP contribution in [0.25, 0.3) is 0 Å². The standard InChI is InChI=1S/C34H37N3O7/c1-3-17-36(2)20-28-18-30(25-11-9-23(21-38)10-12-25)44-33(43-28)26-13-15-27(16-14-26)37-31(39)19-29(32(37)40)35-34(41)42-22-24-7-5-4-6-8-24/h3-16,28-30,33,38H,1,17-22H2,2H3,(H,35,41). The lowest BCUT2D eigenvalue weighted by molar-refractivity contribution is -0.252. The number of anilines is 1. The SMILES string of the molecule is C=CCN(C)CC1CC(c2ccc(CO)cc2)OC(c2ccc(N3C(=O)CC(NC(=O)OCc4ccccc4)C3=O)cc2)O1. The van der Waals surface area contributed by atoms with E-state index in [4.69, 9.17) is 14.2 Å². The Hall–Kier alpha value is -4.35. The van der Waals surface area contributed by atoms with Crippen LogP contribution in [0, 0.1) is 0 Å². The van der Waals surface area contributed by atoms with Gasteiger partial charge in [-0.3, -0.25) is 9.59 Å². The molecule has 2 N–H and O–H groups in total. The fourth-order valence-corrected chi connectivity index (χ4v) is 5.38. The van der Waals surface area contributed by atoms with Gasteiger partial charge in [-0.15, -0.1) is 6.58 Å². The molecule has 0 spiro atoms. The molecule has 10 heteroatoms. The summed E-state index contributed by atoms with van der Waals surface area (Å²) >= 11 is 0. The van der Waals surface area contributed by atoms with Crippen LogP contribution in [0.4, 0.5) is 10.5 Å². The maximum absolute atomic E-state index is 13.1. The monoisotopic (exact) mass is 599 g/mol. The molecule has 3 aromatic carbocycles. The average molecular weight is 600 g/mol. The molecule has 3 amide bonds. The summed E-state index contributed by atoms with van der Waals surface area (Å²) < 4.78 is 18.0. The van der Waals surface area contributed by atoms with Gasteiger partial charge in [0.1, 0.15) is 12.6 Å². The number of amides is 3. The Labute approximate surface area is 256 Å². The lowest BCUT2D eigenvalue weighted by Crippen LogP contribution is -2.42. The smallest absolute Gasteiger partial charge is 0.408 e. The van der Waals surface area contributed by atoms with Crippen molar-refractivity contribution in [1.82, 2.24) is 10.2 Å². The minimum absolute atomic E-state index is 0.0317. The number of aliphatic hydroxyl groups is 1. The minimum Gasteiger partial charge on any atom is -0.445 e. The molecule has 4 atom stereocenters. The summed E-state index contributed by atoms with van der Waals surface area (Å²) in [6, 6.07) is 22.7. The third-order valence-electron chi connectivity index (χ3n) is 7.65. The van der Waals surface area contributed by atoms with Crippen LogP contribution in [-0.2, 0) is 37.0 Å². The Morgan fingerprint density at radius 3 is 2.41 bits per heavy atom. The first-order valence-electron chi connectivity index (χ1n) is 14.6. The molecule has 2 aliphatic rings. The van der Waals surface area contributed by atoms with Gasteiger partial charge in [0.05, 0.1) is 30.9 Å². The number of imide groups is 1. The molecule has 5 rings (SSSR count). The van der Waals surface area contributed by atoms with E-state index in [1.165, 1.54) is 0 Å². The fourth-order valence-electron chi connectivity index (χ4n) is 5.38. The van der Waals surface area contributed by atoms with Crippen LogP contribution < -0.4 is 10.2 Å². The number of nitrogens with one attached hydrogen (secondary N) is 1. The zero-order valence-electron chi connectivity index (χ0n) is 24.6. The summed E-state index contributed by atoms with van der Waals surface area (Å²) in [5.41, 5.74) is 3.74. The topological polar surface area (TPSA) is 118 Å². The van der Waals surface area contributed by atoms with Crippen LogP contribution in [0.3, 0.4) is 0 Å². The van der Waals surface area contributed by atoms with Crippen molar-refractivity contribution in [1.29, 1.82) is 0 Å². The fraction of sp³-hybridized carbons (Fsp3) is 0.324. The number of carbonyl (C=O) groups excluding carboxylic acids is 3. The summed E-state index contributed by atoms with van der Waals surface area (Å²) in [5.74, 6) is -0.945. The number of nitrogens with zero attached hydrogens (tertiary/aromatic N) is 2. The van der Waals surface area contributed by atoms with Crippen molar-refractivity contribution in [3.8, 4) is 0 Å². The Morgan fingerprint density at radius 2 is 1.73 bits per heavy atom. The van der Waals surface area contributed by atoms with Crippen LogP contribution in [0.15, 0.2) is 91.5 Å². The van der Waals surface area contributed by atoms with Crippen LogP contribution >= 0.6 is 0 Å². The van der Waals surface area contributed by atoms with Crippen molar-refractivity contribution < 1.29 is 33.7 Å². The van der Waals surface area contributed by atoms with Crippen molar-refractivity contribution in [3.05, 3.63) is 114 Å². The molecule has 10 nitrogen and oxygen atoms in total. The van der Waals surface area contributed by atoms with Gasteiger partial charge in [0.2, 0.25) is 5.91 Å². The number of aliphatic hydroxyl groups excluding tert-OH is 1. The highest BCUT2D eigenvalue weighted by Crippen LogP contribution is 2.38. The number of rotatable bonds is 11. The van der Waals surface area contributed by atoms with Gasteiger partial charge < -0.3 is 29.5 Å². The number of benzene rings is 3. The highest BCUT2D eigenvalue weighted by molar-refractivity contribution is 6.22. The van der Waals surface area contributed by atoms with Gasteiger partial charge in [0.15, 0.2) is 6.29 Å². The lowest BCUT2D eigenvalue weighted by atomic mass is 9.99. The van der Waals surface area contributed by atoms with Gasteiger partial charge in [-0.2, -0.15) is 0 Å². The van der Waals surface area contributed by atoms with Gasteiger partial charge in [0.25, 0.3) is 5.91 Å². The number of carbonyl (C=O) groups is 3. The quantitative estimate of drug-likeness (QED) is 0.246. The number of likely N-dealkylation sites (N-methyl/N-ethyl adjacent to an activating group) is 1. The minimum atomic E-state index is -1.01. The Bertz CT molecular complexity index is 1450. The molecule has 2 fully saturated rings. The molecule has 4 unspecified atom stereocenters. The first kappa shape index (κ1) is 31.1. The Kier molecular flexibility index (Phi) is 10.2. The predicted octanol–water partition coefficient (Wildman–Crippen LogP) is 4.40. The summed E-state index contributed by atoms with van der Waals surface area (Å²) in [6.07, 6.45) is 0.517. The third-order valence-corrected chi connectivity index (χ3v) is 7.65. The van der Waals surface area contributed by atoms with E-state index in [0.29, 0.717) is 25.2 Å². The summed E-state index contributed by atoms with van der Waals surface area (Å²) in [4.78, 5) is 41.5. The lowest BCUT2D eigenvalue weighted by Gasteiger charge is -2.37. The van der Waals surface area contributed by atoms with E-state index in [1.54, 1.807) is 24.3 Å². The van der Waals surface area contributed by atoms with E-state index < -0.39 is 30.2 Å². The highest BCUT2D eigenvalue weighted by Gasteiger charge is 2.41. The number of alkyl carbamates (subject to hydrolysis) is 1. The molecule has 230 valence electrons. The second-order valence-corrected chi connectivity index (χ2v) is 11.0. The summed E-state index contributed by atoms with van der Waals surface area (Å²) in [5, 5.41) is 11.9. The zero-order valence-corrected chi connectivity index (χ0v) is 24.6. The molecule has 0 bridgehead atoms. The predicted molar refractivity (Wildman–Crippen MR) is 163 cm³/mol. The summed E-state index contributed by atoms with van der Waals surface area (Å²) in [6.45, 7) is 5.23. The van der Waals surface area contributed by atoms with Gasteiger partial charge in [-0.1, -0.05) is 72.8 Å². The van der Waals surface area contributed by atoms with E-state index in [0.717, 1.165) is 27.2 Å². The largest absolute Gasteiger partial charge is 0.445 e. The molecule has 0 aromatic heterocycles. The van der Waals surface area contributed by atoms with Gasteiger partial charge in [-0.25, -0.2) is 9.69 Å². The van der Waals surface area contributed by atoms with E-state index >= 15 is 0 Å². The Balaban J connectivity index is 1.25.